The summed E-state index contributed by atoms with van der Waals surface area (Å²) >= 11 is 5.13. The molecular formula is C9H18N2S. The fraction of sp³-hybridized carbons (Fsp3) is 0.889. The van der Waals surface area contributed by atoms with Crippen LogP contribution in [-0.2, 0) is 0 Å². The second kappa shape index (κ2) is 3.21. The molecule has 12 heavy (non-hydrogen) atoms. The maximum Gasteiger partial charge on any atom is 0.166 e. The maximum atomic E-state index is 5.13. The third-order valence-electron chi connectivity index (χ3n) is 2.24. The maximum absolute atomic E-state index is 5.13. The summed E-state index contributed by atoms with van der Waals surface area (Å²) in [5.74, 6) is 0. The lowest BCUT2D eigenvalue weighted by atomic mass is 10.2. The Bertz CT molecular complexity index is 187. The lowest BCUT2D eigenvalue weighted by Gasteiger charge is -2.13. The van der Waals surface area contributed by atoms with Gasteiger partial charge in [-0.25, -0.2) is 0 Å². The van der Waals surface area contributed by atoms with E-state index in [0.717, 1.165) is 5.11 Å². The molecule has 1 rings (SSSR count). The quantitative estimate of drug-likeness (QED) is 0.641. The second-order valence-electron chi connectivity index (χ2n) is 4.52. The fourth-order valence-electron chi connectivity index (χ4n) is 1.18. The van der Waals surface area contributed by atoms with Gasteiger partial charge in [0, 0.05) is 12.1 Å². The molecule has 0 aromatic heterocycles. The molecule has 1 atom stereocenters. The lowest BCUT2D eigenvalue weighted by molar-refractivity contribution is 0.588. The van der Waals surface area contributed by atoms with Crippen molar-refractivity contribution in [2.24, 2.45) is 5.41 Å². The van der Waals surface area contributed by atoms with Crippen LogP contribution in [0, 0.1) is 5.41 Å². The summed E-state index contributed by atoms with van der Waals surface area (Å²) in [6.07, 6.45) is 1.23. The van der Waals surface area contributed by atoms with Gasteiger partial charge in [-0.1, -0.05) is 13.8 Å². The Labute approximate surface area is 80.1 Å². The SMILES string of the molecule is CC(C)NC(=S)NC1CC1(C)C. The number of hydrogen-bond donors (Lipinski definition) is 2. The summed E-state index contributed by atoms with van der Waals surface area (Å²) in [4.78, 5) is 0. The van der Waals surface area contributed by atoms with Gasteiger partial charge in [0.2, 0.25) is 0 Å². The first-order valence-corrected chi connectivity index (χ1v) is 4.89. The van der Waals surface area contributed by atoms with Gasteiger partial charge in [0.05, 0.1) is 0 Å². The van der Waals surface area contributed by atoms with Crippen LogP contribution in [-0.4, -0.2) is 17.2 Å². The smallest absolute Gasteiger partial charge is 0.166 e. The first-order valence-electron chi connectivity index (χ1n) is 4.49. The van der Waals surface area contributed by atoms with Crippen LogP contribution in [0.2, 0.25) is 0 Å². The molecule has 0 aliphatic heterocycles. The molecule has 0 aromatic carbocycles. The first kappa shape index (κ1) is 9.78. The molecular weight excluding hydrogens is 168 g/mol. The molecule has 70 valence electrons. The van der Waals surface area contributed by atoms with Gasteiger partial charge in [0.1, 0.15) is 0 Å². The topological polar surface area (TPSA) is 24.1 Å². The van der Waals surface area contributed by atoms with E-state index in [9.17, 15) is 0 Å². The van der Waals surface area contributed by atoms with Gasteiger partial charge in [0.15, 0.2) is 5.11 Å². The van der Waals surface area contributed by atoms with Crippen LogP contribution in [0.3, 0.4) is 0 Å². The van der Waals surface area contributed by atoms with Crippen LogP contribution in [0.4, 0.5) is 0 Å². The highest BCUT2D eigenvalue weighted by Crippen LogP contribution is 2.44. The van der Waals surface area contributed by atoms with Gasteiger partial charge in [-0.15, -0.1) is 0 Å². The number of thiocarbonyl (C=S) groups is 1. The predicted molar refractivity (Wildman–Crippen MR) is 56.2 cm³/mol. The van der Waals surface area contributed by atoms with Crippen molar-refractivity contribution in [3.8, 4) is 0 Å². The summed E-state index contributed by atoms with van der Waals surface area (Å²) in [5.41, 5.74) is 0.447. The molecule has 1 aliphatic carbocycles. The van der Waals surface area contributed by atoms with Gasteiger partial charge >= 0.3 is 0 Å². The summed E-state index contributed by atoms with van der Waals surface area (Å²) in [6, 6.07) is 1.00. The molecule has 0 saturated heterocycles. The summed E-state index contributed by atoms with van der Waals surface area (Å²) in [7, 11) is 0. The van der Waals surface area contributed by atoms with E-state index in [1.807, 2.05) is 0 Å². The molecule has 0 heterocycles. The van der Waals surface area contributed by atoms with E-state index in [1.165, 1.54) is 6.42 Å². The van der Waals surface area contributed by atoms with Crippen molar-refractivity contribution in [2.75, 3.05) is 0 Å². The minimum Gasteiger partial charge on any atom is -0.361 e. The van der Waals surface area contributed by atoms with Crippen LogP contribution in [0.1, 0.15) is 34.1 Å². The first-order chi connectivity index (χ1) is 5.42. The summed E-state index contributed by atoms with van der Waals surface area (Å²) < 4.78 is 0. The summed E-state index contributed by atoms with van der Waals surface area (Å²) in [6.45, 7) is 8.68. The van der Waals surface area contributed by atoms with Gasteiger partial charge in [0.25, 0.3) is 0 Å². The van der Waals surface area contributed by atoms with Gasteiger partial charge in [-0.3, -0.25) is 0 Å². The highest BCUT2D eigenvalue weighted by Gasteiger charge is 2.45. The Morgan fingerprint density at radius 3 is 2.33 bits per heavy atom. The van der Waals surface area contributed by atoms with Gasteiger partial charge < -0.3 is 10.6 Å². The molecule has 2 nitrogen and oxygen atoms in total. The number of nitrogens with one attached hydrogen (secondary N) is 2. The Kier molecular flexibility index (Phi) is 2.61. The van der Waals surface area contributed by atoms with Gasteiger partial charge in [-0.05, 0) is 37.9 Å². The average Bonchev–Trinajstić information content (AvgIpc) is 2.35. The summed E-state index contributed by atoms with van der Waals surface area (Å²) in [5, 5.41) is 7.26. The fourth-order valence-corrected chi connectivity index (χ4v) is 1.55. The van der Waals surface area contributed by atoms with Crippen molar-refractivity contribution in [3.05, 3.63) is 0 Å². The van der Waals surface area contributed by atoms with Crippen LogP contribution in [0.15, 0.2) is 0 Å². The highest BCUT2D eigenvalue weighted by molar-refractivity contribution is 7.80. The van der Waals surface area contributed by atoms with Crippen LogP contribution in [0.25, 0.3) is 0 Å². The molecule has 1 fully saturated rings. The normalized spacial score (nSPS) is 25.2. The molecule has 0 spiro atoms. The molecule has 1 unspecified atom stereocenters. The molecule has 2 N–H and O–H groups in total. The molecule has 0 amide bonds. The van der Waals surface area contributed by atoms with Crippen molar-refractivity contribution < 1.29 is 0 Å². The predicted octanol–water partition coefficient (Wildman–Crippen LogP) is 1.66. The minimum absolute atomic E-state index is 0.423. The Morgan fingerprint density at radius 1 is 1.50 bits per heavy atom. The van der Waals surface area contributed by atoms with Crippen LogP contribution >= 0.6 is 12.2 Å². The Balaban J connectivity index is 2.21. The van der Waals surface area contributed by atoms with E-state index in [2.05, 4.69) is 38.3 Å². The second-order valence-corrected chi connectivity index (χ2v) is 4.93. The molecule has 3 heteroatoms. The van der Waals surface area contributed by atoms with E-state index >= 15 is 0 Å². The highest BCUT2D eigenvalue weighted by atomic mass is 32.1. The van der Waals surface area contributed by atoms with Crippen molar-refractivity contribution in [1.82, 2.24) is 10.6 Å². The average molecular weight is 186 g/mol. The third-order valence-corrected chi connectivity index (χ3v) is 2.47. The van der Waals surface area contributed by atoms with E-state index < -0.39 is 0 Å². The Morgan fingerprint density at radius 2 is 2.00 bits per heavy atom. The lowest BCUT2D eigenvalue weighted by Crippen LogP contribution is -2.41. The van der Waals surface area contributed by atoms with E-state index in [0.29, 0.717) is 17.5 Å². The van der Waals surface area contributed by atoms with Gasteiger partial charge in [-0.2, -0.15) is 0 Å². The monoisotopic (exact) mass is 186 g/mol. The standard InChI is InChI=1S/C9H18N2S/c1-6(2)10-8(12)11-7-5-9(7,3)4/h6-7H,5H2,1-4H3,(H2,10,11,12). The van der Waals surface area contributed by atoms with Crippen LogP contribution in [0.5, 0.6) is 0 Å². The van der Waals surface area contributed by atoms with Crippen LogP contribution < -0.4 is 10.6 Å². The third kappa shape index (κ3) is 2.63. The zero-order valence-corrected chi connectivity index (χ0v) is 9.09. The van der Waals surface area contributed by atoms with Crippen molar-refractivity contribution in [1.29, 1.82) is 0 Å². The zero-order valence-electron chi connectivity index (χ0n) is 8.27. The zero-order chi connectivity index (χ0) is 9.35. The van der Waals surface area contributed by atoms with Crippen molar-refractivity contribution in [3.63, 3.8) is 0 Å². The number of hydrogen-bond acceptors (Lipinski definition) is 1. The molecule has 0 bridgehead atoms. The Hall–Kier alpha value is -0.310. The minimum atomic E-state index is 0.423. The van der Waals surface area contributed by atoms with E-state index in [4.69, 9.17) is 12.2 Å². The molecule has 1 saturated carbocycles. The largest absolute Gasteiger partial charge is 0.361 e. The number of rotatable bonds is 2. The van der Waals surface area contributed by atoms with E-state index in [-0.39, 0.29) is 0 Å². The molecule has 0 aromatic rings. The molecule has 0 radical (unpaired) electrons. The van der Waals surface area contributed by atoms with E-state index in [1.54, 1.807) is 0 Å². The van der Waals surface area contributed by atoms with Crippen molar-refractivity contribution in [2.45, 2.75) is 46.2 Å². The van der Waals surface area contributed by atoms with Crippen molar-refractivity contribution >= 4 is 17.3 Å². The molecule has 1 aliphatic rings.